The van der Waals surface area contributed by atoms with Crippen LogP contribution in [0.15, 0.2) is 18.5 Å². The lowest BCUT2D eigenvalue weighted by Gasteiger charge is -2.35. The zero-order valence-electron chi connectivity index (χ0n) is 21.6. The lowest BCUT2D eigenvalue weighted by Crippen LogP contribution is -2.36. The molecule has 0 atom stereocenters. The molecule has 2 aromatic heterocycles. The Kier molecular flexibility index (Phi) is 9.51. The van der Waals surface area contributed by atoms with Crippen LogP contribution in [0.25, 0.3) is 6.08 Å². The fraction of sp³-hybridized carbons (Fsp3) is 0.630. The summed E-state index contributed by atoms with van der Waals surface area (Å²) in [5.41, 5.74) is 0.455. The fourth-order valence-corrected chi connectivity index (χ4v) is 5.93. The number of ether oxygens (including phenoxy) is 1. The molecule has 0 radical (unpaired) electrons. The zero-order chi connectivity index (χ0) is 27.2. The predicted molar refractivity (Wildman–Crippen MR) is 138 cm³/mol. The van der Waals surface area contributed by atoms with Crippen molar-refractivity contribution >= 4 is 23.2 Å². The first-order valence-corrected chi connectivity index (χ1v) is 14.0. The summed E-state index contributed by atoms with van der Waals surface area (Å²) in [6.07, 6.45) is 6.10. The number of rotatable bonds is 10. The topological polar surface area (TPSA) is 68.2 Å². The van der Waals surface area contributed by atoms with E-state index in [1.165, 1.54) is 11.3 Å². The number of thiazole rings is 1. The summed E-state index contributed by atoms with van der Waals surface area (Å²) in [4.78, 5) is 28.3. The molecular weight excluding hydrogens is 520 g/mol. The van der Waals surface area contributed by atoms with E-state index in [0.29, 0.717) is 62.5 Å². The molecule has 0 N–H and O–H groups in total. The lowest BCUT2D eigenvalue weighted by molar-refractivity contribution is -0.139. The van der Waals surface area contributed by atoms with Gasteiger partial charge in [-0.1, -0.05) is 11.3 Å². The molecule has 4 rings (SSSR count). The smallest absolute Gasteiger partial charge is 0.392 e. The van der Waals surface area contributed by atoms with E-state index in [2.05, 4.69) is 19.9 Å². The van der Waals surface area contributed by atoms with Gasteiger partial charge in [-0.15, -0.1) is 0 Å². The second kappa shape index (κ2) is 12.6. The van der Waals surface area contributed by atoms with Gasteiger partial charge in [-0.2, -0.15) is 13.2 Å². The van der Waals surface area contributed by atoms with Crippen LogP contribution in [-0.4, -0.2) is 63.7 Å². The molecule has 0 spiro atoms. The van der Waals surface area contributed by atoms with E-state index in [1.807, 2.05) is 0 Å². The van der Waals surface area contributed by atoms with Crippen molar-refractivity contribution in [1.29, 1.82) is 0 Å². The van der Waals surface area contributed by atoms with Crippen molar-refractivity contribution < 1.29 is 27.1 Å². The second-order valence-electron chi connectivity index (χ2n) is 10.3. The van der Waals surface area contributed by atoms with Crippen molar-refractivity contribution in [3.8, 4) is 5.19 Å². The number of aryl methyl sites for hydroxylation is 1. The number of allylic oxidation sites excluding steroid dienone is 1. The molecule has 1 aliphatic carbocycles. The lowest BCUT2D eigenvalue weighted by atomic mass is 9.76. The quantitative estimate of drug-likeness (QED) is 0.268. The van der Waals surface area contributed by atoms with Crippen LogP contribution in [0.1, 0.15) is 66.9 Å². The molecule has 38 heavy (non-hydrogen) atoms. The van der Waals surface area contributed by atoms with E-state index >= 15 is 4.39 Å². The van der Waals surface area contributed by atoms with Crippen LogP contribution in [0.3, 0.4) is 0 Å². The Morgan fingerprint density at radius 3 is 2.63 bits per heavy atom. The minimum atomic E-state index is -4.24. The van der Waals surface area contributed by atoms with Crippen molar-refractivity contribution in [2.75, 3.05) is 26.2 Å². The summed E-state index contributed by atoms with van der Waals surface area (Å²) in [6, 6.07) is 0. The van der Waals surface area contributed by atoms with Crippen LogP contribution in [0, 0.1) is 12.8 Å². The van der Waals surface area contributed by atoms with Gasteiger partial charge in [-0.3, -0.25) is 4.79 Å². The molecule has 11 heteroatoms. The molecule has 1 fully saturated rings. The first-order valence-electron chi connectivity index (χ1n) is 13.2. The third-order valence-corrected chi connectivity index (χ3v) is 8.39. The summed E-state index contributed by atoms with van der Waals surface area (Å²) in [7, 11) is 0. The van der Waals surface area contributed by atoms with E-state index < -0.39 is 24.9 Å². The van der Waals surface area contributed by atoms with E-state index in [9.17, 15) is 18.0 Å². The highest BCUT2D eigenvalue weighted by molar-refractivity contribution is 7.13. The van der Waals surface area contributed by atoms with Crippen LogP contribution < -0.4 is 4.74 Å². The van der Waals surface area contributed by atoms with Gasteiger partial charge in [0.05, 0.1) is 18.7 Å². The van der Waals surface area contributed by atoms with Gasteiger partial charge in [0.2, 0.25) is 0 Å². The number of hydrogen-bond donors (Lipinski definition) is 0. The summed E-state index contributed by atoms with van der Waals surface area (Å²) in [5, 5.41) is 0.297. The van der Waals surface area contributed by atoms with Gasteiger partial charge >= 0.3 is 6.18 Å². The molecule has 2 aliphatic rings. The number of nitrogens with zero attached hydrogens (tertiary/aromatic N) is 4. The first kappa shape index (κ1) is 28.6. The zero-order valence-corrected chi connectivity index (χ0v) is 22.4. The Morgan fingerprint density at radius 1 is 1.21 bits per heavy atom. The Bertz CT molecular complexity index is 1070. The van der Waals surface area contributed by atoms with Crippen molar-refractivity contribution in [1.82, 2.24) is 19.9 Å². The molecule has 3 heterocycles. The fourth-order valence-electron chi connectivity index (χ4n) is 4.96. The molecule has 0 aromatic carbocycles. The van der Waals surface area contributed by atoms with E-state index in [0.717, 1.165) is 35.6 Å². The minimum Gasteiger partial charge on any atom is -0.470 e. The molecule has 0 unspecified atom stereocenters. The standard InChI is InChI=1S/C27H34F4N4O2S/c1-19-32-17-21(18-33-19)2-3-22(36)16-20-4-8-26(28,9-5-20)10-14-35-12-6-23-24(7-13-35)38-25(34-23)37-15-11-27(29,30)31/h2-3,17-18,20H,4-16H2,1H3/b3-2+. The van der Waals surface area contributed by atoms with Crippen molar-refractivity contribution in [3.63, 3.8) is 0 Å². The monoisotopic (exact) mass is 554 g/mol. The maximum Gasteiger partial charge on any atom is 0.392 e. The molecule has 1 aliphatic heterocycles. The van der Waals surface area contributed by atoms with Gasteiger partial charge in [-0.25, -0.2) is 19.3 Å². The van der Waals surface area contributed by atoms with Crippen molar-refractivity contribution in [2.45, 2.75) is 76.6 Å². The number of carbonyl (C=O) groups is 1. The number of halogens is 4. The molecule has 6 nitrogen and oxygen atoms in total. The molecule has 0 bridgehead atoms. The van der Waals surface area contributed by atoms with E-state index in [-0.39, 0.29) is 11.7 Å². The van der Waals surface area contributed by atoms with Crippen LogP contribution in [-0.2, 0) is 17.6 Å². The van der Waals surface area contributed by atoms with Gasteiger partial charge < -0.3 is 9.64 Å². The van der Waals surface area contributed by atoms with E-state index in [4.69, 9.17) is 4.74 Å². The minimum absolute atomic E-state index is 0.0430. The molecule has 1 saturated carbocycles. The van der Waals surface area contributed by atoms with Crippen LogP contribution in [0.5, 0.6) is 5.19 Å². The first-order chi connectivity index (χ1) is 18.1. The highest BCUT2D eigenvalue weighted by Gasteiger charge is 2.36. The second-order valence-corrected chi connectivity index (χ2v) is 11.4. The maximum absolute atomic E-state index is 15.6. The summed E-state index contributed by atoms with van der Waals surface area (Å²) in [5.74, 6) is 0.930. The summed E-state index contributed by atoms with van der Waals surface area (Å²) >= 11 is 1.31. The van der Waals surface area contributed by atoms with E-state index in [1.54, 1.807) is 31.5 Å². The number of fused-ring (bicyclic) bond motifs is 1. The van der Waals surface area contributed by atoms with Gasteiger partial charge in [0, 0.05) is 55.3 Å². The predicted octanol–water partition coefficient (Wildman–Crippen LogP) is 5.93. The average molecular weight is 555 g/mol. The average Bonchev–Trinajstić information content (AvgIpc) is 3.15. The third-order valence-electron chi connectivity index (χ3n) is 7.32. The van der Waals surface area contributed by atoms with Gasteiger partial charge in [0.1, 0.15) is 11.5 Å². The Hall–Kier alpha value is -2.40. The Balaban J connectivity index is 1.16. The summed E-state index contributed by atoms with van der Waals surface area (Å²) in [6.45, 7) is 3.55. The summed E-state index contributed by atoms with van der Waals surface area (Å²) < 4.78 is 57.7. The molecule has 208 valence electrons. The Morgan fingerprint density at radius 2 is 1.92 bits per heavy atom. The van der Waals surface area contributed by atoms with Gasteiger partial charge in [0.15, 0.2) is 5.78 Å². The van der Waals surface area contributed by atoms with Crippen molar-refractivity contribution in [3.05, 3.63) is 40.4 Å². The SMILES string of the molecule is Cc1ncc(/C=C/C(=O)CC2CCC(F)(CCN3CCc4nc(OCCC(F)(F)F)sc4CC3)CC2)cn1. The molecule has 0 saturated heterocycles. The normalized spacial score (nSPS) is 22.8. The molecule has 0 amide bonds. The highest BCUT2D eigenvalue weighted by atomic mass is 32.1. The van der Waals surface area contributed by atoms with Gasteiger partial charge in [-0.05, 0) is 63.5 Å². The number of hydrogen-bond acceptors (Lipinski definition) is 7. The number of ketones is 1. The highest BCUT2D eigenvalue weighted by Crippen LogP contribution is 2.39. The van der Waals surface area contributed by atoms with Gasteiger partial charge in [0.25, 0.3) is 5.19 Å². The maximum atomic E-state index is 15.6. The van der Waals surface area contributed by atoms with Crippen LogP contribution >= 0.6 is 11.3 Å². The van der Waals surface area contributed by atoms with Crippen LogP contribution in [0.2, 0.25) is 0 Å². The molecule has 2 aromatic rings. The third kappa shape index (κ3) is 8.83. The molecular formula is C27H34F4N4O2S. The number of aromatic nitrogens is 3. The van der Waals surface area contributed by atoms with Crippen LogP contribution in [0.4, 0.5) is 17.6 Å². The number of carbonyl (C=O) groups excluding carboxylic acids is 1. The largest absolute Gasteiger partial charge is 0.470 e. The number of alkyl halides is 4. The van der Waals surface area contributed by atoms with Crippen molar-refractivity contribution in [2.24, 2.45) is 5.92 Å². The Labute approximate surface area is 224 Å².